The van der Waals surface area contributed by atoms with E-state index in [0.717, 1.165) is 19.4 Å². The van der Waals surface area contributed by atoms with Crippen LogP contribution in [0.4, 0.5) is 0 Å². The van der Waals surface area contributed by atoms with Gasteiger partial charge in [-0.3, -0.25) is 9.59 Å². The van der Waals surface area contributed by atoms with Crippen LogP contribution in [-0.2, 0) is 11.3 Å². The van der Waals surface area contributed by atoms with Crippen molar-refractivity contribution in [2.45, 2.75) is 39.7 Å². The number of unbranched alkanes of at least 4 members (excludes halogenated alkanes) is 1. The lowest BCUT2D eigenvalue weighted by Gasteiger charge is -2.18. The standard InChI is InChI=1S/C13H19NO3/c1-13(2,12(16)17)7-3-4-8-14-9-5-11(15)6-10-14/h5-6,9-10H,3-4,7-8H2,1-2H3,(H,16,17). The molecule has 0 atom stereocenters. The van der Waals surface area contributed by atoms with E-state index in [2.05, 4.69) is 0 Å². The van der Waals surface area contributed by atoms with Gasteiger partial charge in [0.2, 0.25) is 0 Å². The van der Waals surface area contributed by atoms with Crippen LogP contribution in [0, 0.1) is 5.41 Å². The van der Waals surface area contributed by atoms with E-state index in [4.69, 9.17) is 5.11 Å². The third-order valence-corrected chi connectivity index (χ3v) is 2.91. The van der Waals surface area contributed by atoms with Gasteiger partial charge >= 0.3 is 5.97 Å². The maximum Gasteiger partial charge on any atom is 0.309 e. The highest BCUT2D eigenvalue weighted by atomic mass is 16.4. The first kappa shape index (κ1) is 13.5. The molecular formula is C13H19NO3. The molecular weight excluding hydrogens is 218 g/mol. The Labute approximate surface area is 101 Å². The van der Waals surface area contributed by atoms with Gasteiger partial charge in [0, 0.05) is 31.1 Å². The van der Waals surface area contributed by atoms with E-state index in [0.29, 0.717) is 6.42 Å². The van der Waals surface area contributed by atoms with Gasteiger partial charge in [-0.25, -0.2) is 0 Å². The number of hydrogen-bond acceptors (Lipinski definition) is 2. The normalized spacial score (nSPS) is 11.4. The zero-order valence-electron chi connectivity index (χ0n) is 10.3. The molecule has 4 nitrogen and oxygen atoms in total. The van der Waals surface area contributed by atoms with Crippen molar-refractivity contribution in [3.05, 3.63) is 34.7 Å². The Kier molecular flexibility index (Phi) is 4.49. The van der Waals surface area contributed by atoms with Crippen molar-refractivity contribution >= 4 is 5.97 Å². The van der Waals surface area contributed by atoms with Crippen molar-refractivity contribution in [3.8, 4) is 0 Å². The lowest BCUT2D eigenvalue weighted by atomic mass is 9.87. The molecule has 0 aliphatic carbocycles. The minimum atomic E-state index is -0.749. The Bertz CT molecular complexity index is 414. The maximum atomic E-state index is 10.9. The molecule has 1 aromatic heterocycles. The number of hydrogen-bond donors (Lipinski definition) is 1. The summed E-state index contributed by atoms with van der Waals surface area (Å²) in [6.07, 6.45) is 5.96. The fraction of sp³-hybridized carbons (Fsp3) is 0.538. The first-order valence-corrected chi connectivity index (χ1v) is 5.81. The quantitative estimate of drug-likeness (QED) is 0.771. The lowest BCUT2D eigenvalue weighted by molar-refractivity contribution is -0.147. The Morgan fingerprint density at radius 1 is 1.29 bits per heavy atom. The molecule has 1 rings (SSSR count). The summed E-state index contributed by atoms with van der Waals surface area (Å²) in [7, 11) is 0. The average Bonchev–Trinajstić information content (AvgIpc) is 2.26. The smallest absolute Gasteiger partial charge is 0.309 e. The van der Waals surface area contributed by atoms with Crippen LogP contribution in [0.1, 0.15) is 33.1 Å². The molecule has 0 fully saturated rings. The fourth-order valence-corrected chi connectivity index (χ4v) is 1.56. The van der Waals surface area contributed by atoms with Crippen molar-refractivity contribution in [3.63, 3.8) is 0 Å². The fourth-order valence-electron chi connectivity index (χ4n) is 1.56. The summed E-state index contributed by atoms with van der Waals surface area (Å²) in [6, 6.07) is 3.06. The van der Waals surface area contributed by atoms with Crippen molar-refractivity contribution in [1.29, 1.82) is 0 Å². The average molecular weight is 237 g/mol. The molecule has 0 aliphatic heterocycles. The van der Waals surface area contributed by atoms with Crippen molar-refractivity contribution < 1.29 is 9.90 Å². The third kappa shape index (κ3) is 4.43. The van der Waals surface area contributed by atoms with Crippen LogP contribution in [-0.4, -0.2) is 15.6 Å². The highest BCUT2D eigenvalue weighted by molar-refractivity contribution is 5.73. The van der Waals surface area contributed by atoms with Crippen molar-refractivity contribution in [2.75, 3.05) is 0 Å². The van der Waals surface area contributed by atoms with Crippen molar-refractivity contribution in [1.82, 2.24) is 4.57 Å². The molecule has 0 spiro atoms. The van der Waals surface area contributed by atoms with E-state index in [1.807, 2.05) is 4.57 Å². The van der Waals surface area contributed by atoms with Gasteiger partial charge in [0.25, 0.3) is 0 Å². The third-order valence-electron chi connectivity index (χ3n) is 2.91. The van der Waals surface area contributed by atoms with Gasteiger partial charge in [0.1, 0.15) is 0 Å². The second kappa shape index (κ2) is 5.66. The van der Waals surface area contributed by atoms with E-state index < -0.39 is 11.4 Å². The number of rotatable bonds is 6. The summed E-state index contributed by atoms with van der Waals surface area (Å²) in [5.41, 5.74) is -0.642. The lowest BCUT2D eigenvalue weighted by Crippen LogP contribution is -2.23. The SMILES string of the molecule is CC(C)(CCCCn1ccc(=O)cc1)C(=O)O. The molecule has 1 N–H and O–H groups in total. The molecule has 1 heterocycles. The number of aromatic nitrogens is 1. The van der Waals surface area contributed by atoms with Crippen LogP contribution in [0.5, 0.6) is 0 Å². The molecule has 0 radical (unpaired) electrons. The van der Waals surface area contributed by atoms with E-state index >= 15 is 0 Å². The van der Waals surface area contributed by atoms with Crippen LogP contribution in [0.2, 0.25) is 0 Å². The summed E-state index contributed by atoms with van der Waals surface area (Å²) in [6.45, 7) is 4.30. The first-order chi connectivity index (χ1) is 7.92. The molecule has 0 amide bonds. The van der Waals surface area contributed by atoms with Gasteiger partial charge in [0.05, 0.1) is 5.41 Å². The number of aryl methyl sites for hydroxylation is 1. The minimum absolute atomic E-state index is 0.00765. The zero-order valence-corrected chi connectivity index (χ0v) is 10.3. The molecule has 0 bridgehead atoms. The van der Waals surface area contributed by atoms with Gasteiger partial charge in [0.15, 0.2) is 5.43 Å². The molecule has 17 heavy (non-hydrogen) atoms. The number of pyridine rings is 1. The Hall–Kier alpha value is -1.58. The van der Waals surface area contributed by atoms with Gasteiger partial charge in [-0.2, -0.15) is 0 Å². The Morgan fingerprint density at radius 3 is 2.41 bits per heavy atom. The second-order valence-electron chi connectivity index (χ2n) is 4.92. The van der Waals surface area contributed by atoms with Crippen LogP contribution in [0.15, 0.2) is 29.3 Å². The number of carboxylic acids is 1. The summed E-state index contributed by atoms with van der Waals surface area (Å²) >= 11 is 0. The summed E-state index contributed by atoms with van der Waals surface area (Å²) in [5, 5.41) is 8.95. The van der Waals surface area contributed by atoms with E-state index in [1.54, 1.807) is 26.2 Å². The Morgan fingerprint density at radius 2 is 1.88 bits per heavy atom. The van der Waals surface area contributed by atoms with Gasteiger partial charge < -0.3 is 9.67 Å². The summed E-state index contributed by atoms with van der Waals surface area (Å²) in [4.78, 5) is 21.8. The molecule has 0 saturated heterocycles. The van der Waals surface area contributed by atoms with Crippen LogP contribution >= 0.6 is 0 Å². The predicted molar refractivity (Wildman–Crippen MR) is 66.0 cm³/mol. The monoisotopic (exact) mass is 237 g/mol. The van der Waals surface area contributed by atoms with E-state index in [-0.39, 0.29) is 5.43 Å². The van der Waals surface area contributed by atoms with E-state index in [9.17, 15) is 9.59 Å². The zero-order chi connectivity index (χ0) is 12.9. The van der Waals surface area contributed by atoms with Gasteiger partial charge in [-0.05, 0) is 26.7 Å². The summed E-state index contributed by atoms with van der Waals surface area (Å²) < 4.78 is 1.94. The molecule has 0 unspecified atom stereocenters. The summed E-state index contributed by atoms with van der Waals surface area (Å²) in [5.74, 6) is -0.749. The van der Waals surface area contributed by atoms with Crippen LogP contribution < -0.4 is 5.43 Å². The Balaban J connectivity index is 2.32. The van der Waals surface area contributed by atoms with Crippen LogP contribution in [0.25, 0.3) is 0 Å². The van der Waals surface area contributed by atoms with E-state index in [1.165, 1.54) is 12.1 Å². The second-order valence-corrected chi connectivity index (χ2v) is 4.92. The van der Waals surface area contributed by atoms with Gasteiger partial charge in [-0.1, -0.05) is 6.42 Å². The highest BCUT2D eigenvalue weighted by Crippen LogP contribution is 2.23. The number of nitrogens with zero attached hydrogens (tertiary/aromatic N) is 1. The molecule has 1 aromatic rings. The molecule has 0 saturated carbocycles. The number of carboxylic acid groups (broad SMARTS) is 1. The largest absolute Gasteiger partial charge is 0.481 e. The number of aliphatic carboxylic acids is 1. The highest BCUT2D eigenvalue weighted by Gasteiger charge is 2.25. The topological polar surface area (TPSA) is 59.3 Å². The molecule has 0 aliphatic rings. The number of carbonyl (C=O) groups is 1. The first-order valence-electron chi connectivity index (χ1n) is 5.81. The van der Waals surface area contributed by atoms with Crippen LogP contribution in [0.3, 0.4) is 0 Å². The molecule has 4 heteroatoms. The maximum absolute atomic E-state index is 10.9. The predicted octanol–water partition coefficient (Wildman–Crippen LogP) is 2.13. The molecule has 94 valence electrons. The minimum Gasteiger partial charge on any atom is -0.481 e. The molecule has 0 aromatic carbocycles. The van der Waals surface area contributed by atoms with Gasteiger partial charge in [-0.15, -0.1) is 0 Å². The van der Waals surface area contributed by atoms with Crippen molar-refractivity contribution in [2.24, 2.45) is 5.41 Å².